The minimum Gasteiger partial charge on any atom is -0.744 e. The maximum absolute atomic E-state index is 13.2. The van der Waals surface area contributed by atoms with Gasteiger partial charge in [0.05, 0.1) is 4.90 Å². The van der Waals surface area contributed by atoms with Crippen molar-refractivity contribution in [3.05, 3.63) is 35.2 Å². The van der Waals surface area contributed by atoms with Gasteiger partial charge >= 0.3 is 29.6 Å². The Balaban J connectivity index is 0.00000256. The summed E-state index contributed by atoms with van der Waals surface area (Å²) in [5.74, 6) is -5.24. The Morgan fingerprint density at radius 3 is 2.18 bits per heavy atom. The normalized spacial score (nSPS) is 11.6. The predicted octanol–water partition coefficient (Wildman–Crippen LogP) is -0.955. The molecule has 1 aromatic carbocycles. The van der Waals surface area contributed by atoms with E-state index in [0.29, 0.717) is 0 Å². The van der Waals surface area contributed by atoms with Gasteiger partial charge in [-0.25, -0.2) is 21.6 Å². The van der Waals surface area contributed by atoms with Gasteiger partial charge in [-0.3, -0.25) is 0 Å². The molecular formula is C9H6F3NaO3S. The fraction of sp³-hybridized carbons (Fsp3) is 0.111. The van der Waals surface area contributed by atoms with Crippen molar-refractivity contribution >= 4 is 16.2 Å². The molecule has 0 radical (unpaired) electrons. The third-order valence-electron chi connectivity index (χ3n) is 1.76. The molecule has 0 aliphatic carbocycles. The second-order valence-electron chi connectivity index (χ2n) is 2.85. The molecule has 1 rings (SSSR count). The zero-order valence-corrected chi connectivity index (χ0v) is 11.8. The molecule has 88 valence electrons. The zero-order valence-electron chi connectivity index (χ0n) is 9.00. The van der Waals surface area contributed by atoms with Crippen molar-refractivity contribution in [2.24, 2.45) is 0 Å². The van der Waals surface area contributed by atoms with E-state index in [1.807, 2.05) is 0 Å². The summed E-state index contributed by atoms with van der Waals surface area (Å²) >= 11 is 0. The maximum Gasteiger partial charge on any atom is 1.00 e. The van der Waals surface area contributed by atoms with Crippen LogP contribution in [0.15, 0.2) is 17.0 Å². The van der Waals surface area contributed by atoms with E-state index in [0.717, 1.165) is 6.08 Å². The van der Waals surface area contributed by atoms with Crippen LogP contribution in [0.2, 0.25) is 0 Å². The van der Waals surface area contributed by atoms with Gasteiger partial charge in [0.25, 0.3) is 0 Å². The molecule has 1 aromatic rings. The molecule has 8 heteroatoms. The summed E-state index contributed by atoms with van der Waals surface area (Å²) < 4.78 is 70.8. The largest absolute Gasteiger partial charge is 1.00 e. The molecule has 3 nitrogen and oxygen atoms in total. The van der Waals surface area contributed by atoms with Crippen molar-refractivity contribution in [1.82, 2.24) is 0 Å². The van der Waals surface area contributed by atoms with E-state index in [1.165, 1.54) is 13.0 Å². The number of rotatable bonds is 2. The van der Waals surface area contributed by atoms with Crippen molar-refractivity contribution in [2.45, 2.75) is 11.8 Å². The summed E-state index contributed by atoms with van der Waals surface area (Å²) in [7, 11) is -5.07. The van der Waals surface area contributed by atoms with Crippen LogP contribution in [0, 0.1) is 17.5 Å². The van der Waals surface area contributed by atoms with Gasteiger partial charge < -0.3 is 4.55 Å². The first kappa shape index (κ1) is 16.7. The van der Waals surface area contributed by atoms with Gasteiger partial charge in [0, 0.05) is 5.56 Å². The van der Waals surface area contributed by atoms with Crippen LogP contribution in [0.5, 0.6) is 0 Å². The average Bonchev–Trinajstić information content (AvgIpc) is 2.17. The maximum atomic E-state index is 13.2. The van der Waals surface area contributed by atoms with Crippen LogP contribution in [0.1, 0.15) is 12.5 Å². The Kier molecular flexibility index (Phi) is 5.89. The number of allylic oxidation sites excluding steroid dienone is 1. The predicted molar refractivity (Wildman–Crippen MR) is 49.0 cm³/mol. The fourth-order valence-corrected chi connectivity index (χ4v) is 1.79. The summed E-state index contributed by atoms with van der Waals surface area (Å²) in [6, 6.07) is 0.163. The van der Waals surface area contributed by atoms with E-state index < -0.39 is 38.0 Å². The van der Waals surface area contributed by atoms with Crippen molar-refractivity contribution in [2.75, 3.05) is 0 Å². The van der Waals surface area contributed by atoms with Crippen LogP contribution in [0.25, 0.3) is 6.08 Å². The van der Waals surface area contributed by atoms with Crippen LogP contribution in [0.3, 0.4) is 0 Å². The molecule has 0 heterocycles. The smallest absolute Gasteiger partial charge is 0.744 e. The Morgan fingerprint density at radius 2 is 1.76 bits per heavy atom. The topological polar surface area (TPSA) is 57.2 Å². The van der Waals surface area contributed by atoms with E-state index in [9.17, 15) is 26.1 Å². The molecule has 0 atom stereocenters. The molecule has 0 amide bonds. The van der Waals surface area contributed by atoms with E-state index in [4.69, 9.17) is 0 Å². The molecule has 0 bridgehead atoms. The standard InChI is InChI=1S/C9H7F3O3S.Na/c1-2-3-5-7(16(13,14)15)4-6(10)9(12)8(5)11;/h2-4H,1H3,(H,13,14,15);/q;+1/p-1. The summed E-state index contributed by atoms with van der Waals surface area (Å²) in [5.41, 5.74) is -0.781. The fourth-order valence-electron chi connectivity index (χ4n) is 1.12. The first-order chi connectivity index (χ1) is 7.29. The second kappa shape index (κ2) is 6.01. The molecule has 0 aliphatic heterocycles. The van der Waals surface area contributed by atoms with Gasteiger partial charge in [0.1, 0.15) is 10.1 Å². The van der Waals surface area contributed by atoms with Crippen LogP contribution >= 0.6 is 0 Å². The van der Waals surface area contributed by atoms with Crippen molar-refractivity contribution in [1.29, 1.82) is 0 Å². The van der Waals surface area contributed by atoms with Crippen LogP contribution in [-0.4, -0.2) is 13.0 Å². The van der Waals surface area contributed by atoms with E-state index in [1.54, 1.807) is 0 Å². The van der Waals surface area contributed by atoms with E-state index in [-0.39, 0.29) is 35.6 Å². The third-order valence-corrected chi connectivity index (χ3v) is 2.64. The first-order valence-electron chi connectivity index (χ1n) is 4.05. The van der Waals surface area contributed by atoms with Crippen LogP contribution < -0.4 is 29.6 Å². The average molecular weight is 274 g/mol. The van der Waals surface area contributed by atoms with Crippen molar-refractivity contribution in [3.63, 3.8) is 0 Å². The van der Waals surface area contributed by atoms with Gasteiger partial charge in [-0.05, 0) is 13.0 Å². The SMILES string of the molecule is CC=Cc1c(S(=O)(=O)[O-])cc(F)c(F)c1F.[Na+]. The Labute approximate surface area is 118 Å². The van der Waals surface area contributed by atoms with Gasteiger partial charge in [-0.15, -0.1) is 0 Å². The molecule has 0 unspecified atom stereocenters. The molecule has 0 aromatic heterocycles. The van der Waals surface area contributed by atoms with Gasteiger partial charge in [-0.2, -0.15) is 0 Å². The minimum atomic E-state index is -5.07. The molecule has 17 heavy (non-hydrogen) atoms. The minimum absolute atomic E-state index is 0. The summed E-state index contributed by atoms with van der Waals surface area (Å²) in [6.45, 7) is 1.40. The molecule has 0 N–H and O–H groups in total. The molecular weight excluding hydrogens is 268 g/mol. The quantitative estimate of drug-likeness (QED) is 0.397. The van der Waals surface area contributed by atoms with Crippen molar-refractivity contribution < 1.29 is 55.7 Å². The third kappa shape index (κ3) is 3.56. The van der Waals surface area contributed by atoms with E-state index >= 15 is 0 Å². The second-order valence-corrected chi connectivity index (χ2v) is 4.20. The Morgan fingerprint density at radius 1 is 1.24 bits per heavy atom. The Bertz CT molecular complexity index is 555. The molecule has 0 fully saturated rings. The zero-order chi connectivity index (χ0) is 12.5. The molecule has 0 saturated carbocycles. The monoisotopic (exact) mass is 274 g/mol. The number of hydrogen-bond donors (Lipinski definition) is 0. The summed E-state index contributed by atoms with van der Waals surface area (Å²) in [6.07, 6.45) is 2.08. The van der Waals surface area contributed by atoms with Gasteiger partial charge in [-0.1, -0.05) is 12.2 Å². The summed E-state index contributed by atoms with van der Waals surface area (Å²) in [5, 5.41) is 0. The number of hydrogen-bond acceptors (Lipinski definition) is 3. The first-order valence-corrected chi connectivity index (χ1v) is 5.46. The molecule has 0 aliphatic rings. The Hall–Kier alpha value is -0.340. The van der Waals surface area contributed by atoms with Crippen LogP contribution in [0.4, 0.5) is 13.2 Å². The van der Waals surface area contributed by atoms with Crippen molar-refractivity contribution in [3.8, 4) is 0 Å². The van der Waals surface area contributed by atoms with Gasteiger partial charge in [0.15, 0.2) is 17.5 Å². The van der Waals surface area contributed by atoms with E-state index in [2.05, 4.69) is 0 Å². The van der Waals surface area contributed by atoms with Crippen LogP contribution in [-0.2, 0) is 10.1 Å². The number of benzene rings is 1. The summed E-state index contributed by atoms with van der Waals surface area (Å²) in [4.78, 5) is -1.12. The number of halogens is 3. The molecule has 0 saturated heterocycles. The van der Waals surface area contributed by atoms with Gasteiger partial charge in [0.2, 0.25) is 0 Å². The molecule has 0 spiro atoms.